The first-order chi connectivity index (χ1) is 11.3. The molecule has 23 heavy (non-hydrogen) atoms. The predicted molar refractivity (Wildman–Crippen MR) is 86.4 cm³/mol. The molecule has 1 unspecified atom stereocenters. The van der Waals surface area contributed by atoms with Crippen LogP contribution in [0.1, 0.15) is 17.5 Å². The largest absolute Gasteiger partial charge is 0.353 e. The lowest BCUT2D eigenvalue weighted by molar-refractivity contribution is 0.394. The van der Waals surface area contributed by atoms with Crippen molar-refractivity contribution in [2.75, 3.05) is 6.54 Å². The molecule has 2 heterocycles. The van der Waals surface area contributed by atoms with Crippen LogP contribution >= 0.6 is 0 Å². The topological polar surface area (TPSA) is 86.0 Å². The van der Waals surface area contributed by atoms with Crippen LogP contribution < -0.4 is 10.6 Å². The fourth-order valence-electron chi connectivity index (χ4n) is 3.54. The van der Waals surface area contributed by atoms with E-state index in [1.165, 1.54) is 16.7 Å². The summed E-state index contributed by atoms with van der Waals surface area (Å²) in [4.78, 5) is 13.0. The quantitative estimate of drug-likeness (QED) is 0.614. The van der Waals surface area contributed by atoms with Crippen LogP contribution in [0.4, 0.5) is 0 Å². The van der Waals surface area contributed by atoms with E-state index < -0.39 is 0 Å². The Hall–Kier alpha value is -2.94. The smallest absolute Gasteiger partial charge is 0.205 e. The van der Waals surface area contributed by atoms with E-state index >= 15 is 0 Å². The summed E-state index contributed by atoms with van der Waals surface area (Å²) in [5.74, 6) is 0.587. The Morgan fingerprint density at radius 2 is 2.13 bits per heavy atom. The maximum atomic E-state index is 8.74. The molecule has 6 heteroatoms. The number of nitrogens with one attached hydrogen (secondary N) is 2. The summed E-state index contributed by atoms with van der Waals surface area (Å²) in [5, 5.41) is 14.5. The molecule has 1 atom stereocenters. The normalized spacial score (nSPS) is 22.0. The number of guanidine groups is 1. The molecule has 6 nitrogen and oxygen atoms in total. The number of aromatic nitrogens is 2. The van der Waals surface area contributed by atoms with Gasteiger partial charge in [-0.3, -0.25) is 5.32 Å². The minimum Gasteiger partial charge on any atom is -0.353 e. The Morgan fingerprint density at radius 3 is 2.96 bits per heavy atom. The summed E-state index contributed by atoms with van der Waals surface area (Å²) < 4.78 is 0. The van der Waals surface area contributed by atoms with E-state index in [-0.39, 0.29) is 5.54 Å². The van der Waals surface area contributed by atoms with Gasteiger partial charge in [0.2, 0.25) is 5.96 Å². The van der Waals surface area contributed by atoms with E-state index in [1.54, 1.807) is 6.33 Å². The lowest BCUT2D eigenvalue weighted by Crippen LogP contribution is -2.39. The van der Waals surface area contributed by atoms with E-state index in [0.29, 0.717) is 5.96 Å². The maximum absolute atomic E-state index is 8.74. The van der Waals surface area contributed by atoms with Crippen molar-refractivity contribution in [2.24, 2.45) is 4.99 Å². The van der Waals surface area contributed by atoms with Gasteiger partial charge in [-0.15, -0.1) is 0 Å². The lowest BCUT2D eigenvalue weighted by atomic mass is 9.76. The van der Waals surface area contributed by atoms with Crippen molar-refractivity contribution in [3.8, 4) is 17.3 Å². The minimum atomic E-state index is -0.141. The van der Waals surface area contributed by atoms with Crippen molar-refractivity contribution >= 4 is 5.96 Å². The van der Waals surface area contributed by atoms with Crippen LogP contribution in [-0.4, -0.2) is 28.0 Å². The van der Waals surface area contributed by atoms with Gasteiger partial charge >= 0.3 is 0 Å². The molecule has 1 aliphatic heterocycles. The zero-order valence-corrected chi connectivity index (χ0v) is 12.6. The third-order valence-electron chi connectivity index (χ3n) is 4.61. The Labute approximate surface area is 134 Å². The van der Waals surface area contributed by atoms with Crippen LogP contribution in [-0.2, 0) is 12.8 Å². The van der Waals surface area contributed by atoms with E-state index in [9.17, 15) is 0 Å². The highest BCUT2D eigenvalue weighted by atomic mass is 15.2. The molecule has 114 valence electrons. The highest BCUT2D eigenvalue weighted by Gasteiger charge is 2.38. The molecule has 2 aliphatic rings. The van der Waals surface area contributed by atoms with Gasteiger partial charge in [0.05, 0.1) is 5.54 Å². The Morgan fingerprint density at radius 1 is 1.26 bits per heavy atom. The number of aliphatic imine (C=N–C) groups is 1. The van der Waals surface area contributed by atoms with Crippen LogP contribution in [0.2, 0.25) is 0 Å². The van der Waals surface area contributed by atoms with Crippen LogP contribution in [0.3, 0.4) is 0 Å². The molecule has 2 N–H and O–H groups in total. The standard InChI is InChI=1S/C17H16N6/c18-10-22-16-21-9-17(23-16)5-4-15-12(6-17)2-1-3-14(15)13-7-19-11-20-8-13/h1-3,7-8,11H,4-6,9H2,(H2,21,22,23). The van der Waals surface area contributed by atoms with Gasteiger partial charge in [0.15, 0.2) is 6.19 Å². The van der Waals surface area contributed by atoms with Gasteiger partial charge in [-0.2, -0.15) is 5.26 Å². The first kappa shape index (κ1) is 13.7. The number of hydrogen-bond acceptors (Lipinski definition) is 6. The second kappa shape index (κ2) is 5.36. The van der Waals surface area contributed by atoms with Gasteiger partial charge in [0, 0.05) is 24.5 Å². The molecular weight excluding hydrogens is 288 g/mol. The third kappa shape index (κ3) is 2.40. The van der Waals surface area contributed by atoms with Crippen LogP contribution in [0.15, 0.2) is 41.9 Å². The average molecular weight is 304 g/mol. The fraction of sp³-hybridized carbons (Fsp3) is 0.294. The lowest BCUT2D eigenvalue weighted by Gasteiger charge is -2.32. The molecule has 2 aromatic rings. The Kier molecular flexibility index (Phi) is 3.19. The predicted octanol–water partition coefficient (Wildman–Crippen LogP) is 1.40. The summed E-state index contributed by atoms with van der Waals surface area (Å²) >= 11 is 0. The van der Waals surface area contributed by atoms with Gasteiger partial charge in [0.1, 0.15) is 6.33 Å². The van der Waals surface area contributed by atoms with Gasteiger partial charge < -0.3 is 5.32 Å². The summed E-state index contributed by atoms with van der Waals surface area (Å²) in [6.45, 7) is 0.773. The molecule has 0 amide bonds. The zero-order chi connectivity index (χ0) is 15.7. The van der Waals surface area contributed by atoms with Crippen molar-refractivity contribution in [3.63, 3.8) is 0 Å². The highest BCUT2D eigenvalue weighted by molar-refractivity contribution is 5.83. The zero-order valence-electron chi connectivity index (χ0n) is 12.6. The first-order valence-electron chi connectivity index (χ1n) is 7.65. The molecule has 1 aromatic carbocycles. The van der Waals surface area contributed by atoms with Crippen molar-refractivity contribution in [1.82, 2.24) is 20.6 Å². The maximum Gasteiger partial charge on any atom is 0.205 e. The van der Waals surface area contributed by atoms with Crippen LogP contribution in [0.5, 0.6) is 0 Å². The number of benzene rings is 1. The van der Waals surface area contributed by atoms with Crippen LogP contribution in [0, 0.1) is 11.5 Å². The number of nitrogens with zero attached hydrogens (tertiary/aromatic N) is 4. The monoisotopic (exact) mass is 304 g/mol. The van der Waals surface area contributed by atoms with Crippen molar-refractivity contribution in [2.45, 2.75) is 24.8 Å². The third-order valence-corrected chi connectivity index (χ3v) is 4.61. The second-order valence-electron chi connectivity index (χ2n) is 6.02. The van der Waals surface area contributed by atoms with Crippen molar-refractivity contribution in [1.29, 1.82) is 5.26 Å². The minimum absolute atomic E-state index is 0.141. The summed E-state index contributed by atoms with van der Waals surface area (Å²) in [5.41, 5.74) is 4.81. The van der Waals surface area contributed by atoms with Gasteiger partial charge in [-0.05, 0) is 36.0 Å². The number of hydrogen-bond donors (Lipinski definition) is 2. The van der Waals surface area contributed by atoms with E-state index in [4.69, 9.17) is 10.3 Å². The summed E-state index contributed by atoms with van der Waals surface area (Å²) in [6, 6.07) is 6.39. The highest BCUT2D eigenvalue weighted by Crippen LogP contribution is 2.37. The van der Waals surface area contributed by atoms with Crippen molar-refractivity contribution in [3.05, 3.63) is 48.0 Å². The van der Waals surface area contributed by atoms with E-state index in [0.717, 1.165) is 31.4 Å². The SMILES string of the molecule is N#CNC1=NC2(CCc3c(cccc3-c3cncnc3)C2)CN1. The first-order valence-corrected chi connectivity index (χ1v) is 7.65. The summed E-state index contributed by atoms with van der Waals surface area (Å²) in [6.07, 6.45) is 10.0. The van der Waals surface area contributed by atoms with E-state index in [2.05, 4.69) is 38.8 Å². The molecule has 0 saturated carbocycles. The van der Waals surface area contributed by atoms with Gasteiger partial charge in [0.25, 0.3) is 0 Å². The fourth-order valence-corrected chi connectivity index (χ4v) is 3.54. The molecule has 0 fully saturated rings. The van der Waals surface area contributed by atoms with Crippen molar-refractivity contribution < 1.29 is 0 Å². The second-order valence-corrected chi connectivity index (χ2v) is 6.02. The number of rotatable bonds is 1. The molecule has 0 saturated heterocycles. The molecule has 1 spiro atoms. The molecule has 1 aliphatic carbocycles. The van der Waals surface area contributed by atoms with Gasteiger partial charge in [-0.1, -0.05) is 18.2 Å². The summed E-state index contributed by atoms with van der Waals surface area (Å²) in [7, 11) is 0. The number of nitriles is 1. The van der Waals surface area contributed by atoms with E-state index in [1.807, 2.05) is 18.6 Å². The molecular formula is C17H16N6. The molecule has 0 radical (unpaired) electrons. The Bertz CT molecular complexity index is 808. The molecule has 4 rings (SSSR count). The molecule has 0 bridgehead atoms. The number of fused-ring (bicyclic) bond motifs is 1. The van der Waals surface area contributed by atoms with Crippen LogP contribution in [0.25, 0.3) is 11.1 Å². The average Bonchev–Trinajstić information content (AvgIpc) is 2.97. The van der Waals surface area contributed by atoms with Gasteiger partial charge in [-0.25, -0.2) is 15.0 Å². The molecule has 1 aromatic heterocycles. The Balaban J connectivity index is 1.69.